The van der Waals surface area contributed by atoms with Crippen LogP contribution >= 0.6 is 0 Å². The summed E-state index contributed by atoms with van der Waals surface area (Å²) in [7, 11) is 1.58. The molecule has 1 fully saturated rings. The maximum Gasteiger partial charge on any atom is 0.325 e. The number of carbonyl (C=O) groups excluding carboxylic acids is 3. The van der Waals surface area contributed by atoms with Gasteiger partial charge in [-0.15, -0.1) is 0 Å². The van der Waals surface area contributed by atoms with Gasteiger partial charge in [-0.25, -0.2) is 9.78 Å². The lowest BCUT2D eigenvalue weighted by atomic mass is 10.1. The maximum atomic E-state index is 12.6. The summed E-state index contributed by atoms with van der Waals surface area (Å²) in [4.78, 5) is 42.6. The second-order valence-corrected chi connectivity index (χ2v) is 7.59. The van der Waals surface area contributed by atoms with Crippen molar-refractivity contribution in [2.75, 3.05) is 13.7 Å². The minimum atomic E-state index is -0.691. The molecule has 9 heteroatoms. The number of para-hydroxylation sites is 2. The van der Waals surface area contributed by atoms with Gasteiger partial charge in [-0.05, 0) is 36.2 Å². The number of aromatic nitrogens is 2. The SMILES string of the molecule is COc1ccc(CN2C(=O)NC(CCC(=O)NCCn3cnc4ccccc43)C2=O)cc1. The minimum absolute atomic E-state index is 0.151. The van der Waals surface area contributed by atoms with Crippen molar-refractivity contribution in [1.29, 1.82) is 0 Å². The van der Waals surface area contributed by atoms with E-state index in [4.69, 9.17) is 4.74 Å². The van der Waals surface area contributed by atoms with Crippen LogP contribution in [0, 0.1) is 0 Å². The zero-order valence-electron chi connectivity index (χ0n) is 17.8. The van der Waals surface area contributed by atoms with Gasteiger partial charge in [0.05, 0.1) is 31.0 Å². The summed E-state index contributed by atoms with van der Waals surface area (Å²) >= 11 is 0. The van der Waals surface area contributed by atoms with Crippen molar-refractivity contribution >= 4 is 28.9 Å². The Kier molecular flexibility index (Phi) is 6.34. The quantitative estimate of drug-likeness (QED) is 0.501. The van der Waals surface area contributed by atoms with Crippen LogP contribution in [0.5, 0.6) is 5.75 Å². The lowest BCUT2D eigenvalue weighted by Gasteiger charge is -2.13. The van der Waals surface area contributed by atoms with Crippen molar-refractivity contribution in [2.24, 2.45) is 0 Å². The molecule has 2 heterocycles. The third-order valence-corrected chi connectivity index (χ3v) is 5.47. The fraction of sp³-hybridized carbons (Fsp3) is 0.304. The first-order valence-electron chi connectivity index (χ1n) is 10.5. The second kappa shape index (κ2) is 9.51. The van der Waals surface area contributed by atoms with Crippen LogP contribution in [-0.4, -0.2) is 52.0 Å². The Morgan fingerprint density at radius 2 is 1.94 bits per heavy atom. The molecule has 1 aromatic heterocycles. The number of imidazole rings is 1. The molecule has 9 nitrogen and oxygen atoms in total. The van der Waals surface area contributed by atoms with Crippen LogP contribution in [-0.2, 0) is 22.7 Å². The Bertz CT molecular complexity index is 1120. The first-order chi connectivity index (χ1) is 15.5. The van der Waals surface area contributed by atoms with Gasteiger partial charge < -0.3 is 19.9 Å². The summed E-state index contributed by atoms with van der Waals surface area (Å²) in [5.41, 5.74) is 2.74. The smallest absolute Gasteiger partial charge is 0.325 e. The van der Waals surface area contributed by atoms with Crippen molar-refractivity contribution in [3.8, 4) is 5.75 Å². The molecule has 0 aliphatic carbocycles. The van der Waals surface area contributed by atoms with Gasteiger partial charge in [-0.1, -0.05) is 24.3 Å². The average molecular weight is 435 g/mol. The lowest BCUT2D eigenvalue weighted by Crippen LogP contribution is -2.33. The van der Waals surface area contributed by atoms with E-state index in [0.717, 1.165) is 16.6 Å². The van der Waals surface area contributed by atoms with Crippen LogP contribution in [0.15, 0.2) is 54.9 Å². The normalized spacial score (nSPS) is 15.8. The predicted molar refractivity (Wildman–Crippen MR) is 118 cm³/mol. The molecule has 2 aromatic carbocycles. The highest BCUT2D eigenvalue weighted by molar-refractivity contribution is 6.04. The van der Waals surface area contributed by atoms with Crippen LogP contribution in [0.3, 0.4) is 0 Å². The maximum absolute atomic E-state index is 12.6. The highest BCUT2D eigenvalue weighted by atomic mass is 16.5. The number of hydrogen-bond acceptors (Lipinski definition) is 5. The summed E-state index contributed by atoms with van der Waals surface area (Å²) in [5, 5.41) is 5.53. The zero-order valence-corrected chi connectivity index (χ0v) is 17.8. The summed E-state index contributed by atoms with van der Waals surface area (Å²) in [5.74, 6) is 0.227. The Balaban J connectivity index is 1.23. The molecule has 1 unspecified atom stereocenters. The zero-order chi connectivity index (χ0) is 22.5. The standard InChI is InChI=1S/C23H25N5O4/c1-32-17-8-6-16(7-9-17)14-28-22(30)19(26-23(28)31)10-11-21(29)24-12-13-27-15-25-18-4-2-3-5-20(18)27/h2-9,15,19H,10-14H2,1H3,(H,24,29)(H,26,31). The molecule has 0 radical (unpaired) electrons. The molecular weight excluding hydrogens is 410 g/mol. The number of methoxy groups -OCH3 is 1. The van der Waals surface area contributed by atoms with E-state index >= 15 is 0 Å². The molecule has 4 amide bonds. The van der Waals surface area contributed by atoms with Crippen molar-refractivity contribution in [3.63, 3.8) is 0 Å². The van der Waals surface area contributed by atoms with Gasteiger partial charge in [0, 0.05) is 19.5 Å². The van der Waals surface area contributed by atoms with Gasteiger partial charge in [0.15, 0.2) is 0 Å². The Labute approximate surface area is 185 Å². The monoisotopic (exact) mass is 435 g/mol. The van der Waals surface area contributed by atoms with E-state index < -0.39 is 12.1 Å². The van der Waals surface area contributed by atoms with E-state index in [2.05, 4.69) is 15.6 Å². The summed E-state index contributed by atoms with van der Waals surface area (Å²) < 4.78 is 7.10. The highest BCUT2D eigenvalue weighted by Gasteiger charge is 2.37. The number of nitrogens with zero attached hydrogens (tertiary/aromatic N) is 3. The molecular formula is C23H25N5O4. The van der Waals surface area contributed by atoms with E-state index in [1.165, 1.54) is 4.90 Å². The highest BCUT2D eigenvalue weighted by Crippen LogP contribution is 2.17. The van der Waals surface area contributed by atoms with Crippen LogP contribution in [0.1, 0.15) is 18.4 Å². The third-order valence-electron chi connectivity index (χ3n) is 5.47. The number of carbonyl (C=O) groups is 3. The topological polar surface area (TPSA) is 106 Å². The largest absolute Gasteiger partial charge is 0.497 e. The molecule has 0 bridgehead atoms. The number of fused-ring (bicyclic) bond motifs is 1. The Morgan fingerprint density at radius 3 is 2.72 bits per heavy atom. The second-order valence-electron chi connectivity index (χ2n) is 7.59. The Hall–Kier alpha value is -3.88. The molecule has 1 atom stereocenters. The number of hydrogen-bond donors (Lipinski definition) is 2. The molecule has 2 N–H and O–H groups in total. The van der Waals surface area contributed by atoms with E-state index in [1.807, 2.05) is 41.0 Å². The number of nitrogens with one attached hydrogen (secondary N) is 2. The molecule has 0 saturated carbocycles. The van der Waals surface area contributed by atoms with Gasteiger partial charge >= 0.3 is 6.03 Å². The fourth-order valence-corrected chi connectivity index (χ4v) is 3.70. The minimum Gasteiger partial charge on any atom is -0.497 e. The number of amides is 4. The first-order valence-corrected chi connectivity index (χ1v) is 10.5. The summed E-state index contributed by atoms with van der Waals surface area (Å²) in [6.45, 7) is 1.23. The van der Waals surface area contributed by atoms with Gasteiger partial charge in [0.2, 0.25) is 5.91 Å². The molecule has 32 heavy (non-hydrogen) atoms. The fourth-order valence-electron chi connectivity index (χ4n) is 3.70. The van der Waals surface area contributed by atoms with E-state index in [1.54, 1.807) is 25.6 Å². The van der Waals surface area contributed by atoms with Crippen LogP contribution in [0.4, 0.5) is 4.79 Å². The van der Waals surface area contributed by atoms with Gasteiger partial charge in [0.25, 0.3) is 5.91 Å². The summed E-state index contributed by atoms with van der Waals surface area (Å²) in [6.07, 6.45) is 2.15. The number of imide groups is 1. The number of urea groups is 1. The van der Waals surface area contributed by atoms with Crippen molar-refractivity contribution in [2.45, 2.75) is 32.0 Å². The number of benzene rings is 2. The van der Waals surface area contributed by atoms with Gasteiger partial charge in [-0.3, -0.25) is 14.5 Å². The van der Waals surface area contributed by atoms with Crippen molar-refractivity contribution in [3.05, 3.63) is 60.4 Å². The third kappa shape index (κ3) is 4.72. The van der Waals surface area contributed by atoms with E-state index in [9.17, 15) is 14.4 Å². The predicted octanol–water partition coefficient (Wildman–Crippen LogP) is 2.06. The Morgan fingerprint density at radius 1 is 1.16 bits per heavy atom. The first kappa shape index (κ1) is 21.4. The summed E-state index contributed by atoms with van der Waals surface area (Å²) in [6, 6.07) is 13.8. The van der Waals surface area contributed by atoms with E-state index in [-0.39, 0.29) is 31.2 Å². The van der Waals surface area contributed by atoms with Crippen molar-refractivity contribution < 1.29 is 19.1 Å². The number of ether oxygens (including phenoxy) is 1. The molecule has 1 aliphatic heterocycles. The van der Waals surface area contributed by atoms with Gasteiger partial charge in [-0.2, -0.15) is 0 Å². The van der Waals surface area contributed by atoms with E-state index in [0.29, 0.717) is 18.8 Å². The van der Waals surface area contributed by atoms with Crippen molar-refractivity contribution in [1.82, 2.24) is 25.1 Å². The number of rotatable bonds is 9. The lowest BCUT2D eigenvalue weighted by molar-refractivity contribution is -0.128. The van der Waals surface area contributed by atoms with Crippen LogP contribution < -0.4 is 15.4 Å². The van der Waals surface area contributed by atoms with Gasteiger partial charge in [0.1, 0.15) is 11.8 Å². The molecule has 1 aliphatic rings. The average Bonchev–Trinajstić information content (AvgIpc) is 3.34. The molecule has 4 rings (SSSR count). The van der Waals surface area contributed by atoms with Crippen LogP contribution in [0.25, 0.3) is 11.0 Å². The molecule has 1 saturated heterocycles. The molecule has 0 spiro atoms. The van der Waals surface area contributed by atoms with Crippen LogP contribution in [0.2, 0.25) is 0 Å². The molecule has 3 aromatic rings. The molecule has 166 valence electrons.